The van der Waals surface area contributed by atoms with Crippen LogP contribution in [0.2, 0.25) is 5.02 Å². The third-order valence-electron chi connectivity index (χ3n) is 1.63. The van der Waals surface area contributed by atoms with Crippen molar-refractivity contribution in [2.24, 2.45) is 0 Å². The molecular weight excluding hydrogens is 156 g/mol. The molecule has 1 aromatic carbocycles. The van der Waals surface area contributed by atoms with Crippen molar-refractivity contribution in [2.45, 2.75) is 19.3 Å². The van der Waals surface area contributed by atoms with Crippen molar-refractivity contribution in [3.63, 3.8) is 0 Å². The zero-order chi connectivity index (χ0) is 8.48. The van der Waals surface area contributed by atoms with Gasteiger partial charge in [0, 0.05) is 5.02 Å². The van der Waals surface area contributed by atoms with E-state index in [2.05, 4.69) is 20.8 Å². The van der Waals surface area contributed by atoms with Crippen molar-refractivity contribution in [2.75, 3.05) is 0 Å². The van der Waals surface area contributed by atoms with Crippen molar-refractivity contribution < 1.29 is 0 Å². The van der Waals surface area contributed by atoms with Crippen LogP contribution in [0.25, 0.3) is 0 Å². The predicted molar refractivity (Wildman–Crippen MR) is 49.8 cm³/mol. The fourth-order valence-corrected chi connectivity index (χ4v) is 1.03. The van der Waals surface area contributed by atoms with Crippen molar-refractivity contribution in [3.05, 3.63) is 41.8 Å². The minimum absolute atomic E-state index is 0.0232. The highest BCUT2D eigenvalue weighted by atomic mass is 35.5. The van der Waals surface area contributed by atoms with Gasteiger partial charge in [-0.2, -0.15) is 0 Å². The molecule has 0 nitrogen and oxygen atoms in total. The van der Waals surface area contributed by atoms with E-state index in [-0.39, 0.29) is 5.41 Å². The molecule has 0 saturated carbocycles. The predicted octanol–water partition coefficient (Wildman–Crippen LogP) is 3.45. The SMILES string of the molecule is [CH2]C(C)(C)c1ccc(Cl)cc1. The molecule has 0 N–H and O–H groups in total. The zero-order valence-electron chi connectivity index (χ0n) is 6.89. The Hall–Kier alpha value is -0.490. The fraction of sp³-hybridized carbons (Fsp3) is 0.300. The summed E-state index contributed by atoms with van der Waals surface area (Å²) in [6.45, 7) is 8.19. The summed E-state index contributed by atoms with van der Waals surface area (Å²) >= 11 is 5.74. The topological polar surface area (TPSA) is 0 Å². The van der Waals surface area contributed by atoms with Crippen molar-refractivity contribution >= 4 is 11.6 Å². The Morgan fingerprint density at radius 3 is 2.00 bits per heavy atom. The van der Waals surface area contributed by atoms with Crippen LogP contribution >= 0.6 is 11.6 Å². The van der Waals surface area contributed by atoms with Gasteiger partial charge in [0.2, 0.25) is 0 Å². The van der Waals surface area contributed by atoms with Crippen LogP contribution in [0.5, 0.6) is 0 Å². The minimum atomic E-state index is -0.0232. The first-order chi connectivity index (χ1) is 5.00. The van der Waals surface area contributed by atoms with Gasteiger partial charge < -0.3 is 0 Å². The van der Waals surface area contributed by atoms with Gasteiger partial charge in [-0.1, -0.05) is 37.6 Å². The highest BCUT2D eigenvalue weighted by Crippen LogP contribution is 2.22. The largest absolute Gasteiger partial charge is 0.0843 e. The number of hydrogen-bond acceptors (Lipinski definition) is 0. The third kappa shape index (κ3) is 2.23. The maximum Gasteiger partial charge on any atom is 0.0406 e. The van der Waals surface area contributed by atoms with E-state index in [1.807, 2.05) is 24.3 Å². The Morgan fingerprint density at radius 1 is 1.18 bits per heavy atom. The van der Waals surface area contributed by atoms with Crippen LogP contribution in [0.1, 0.15) is 19.4 Å². The normalized spacial score (nSPS) is 11.6. The molecule has 0 bridgehead atoms. The Kier molecular flexibility index (Phi) is 2.24. The first-order valence-corrected chi connectivity index (χ1v) is 3.99. The Labute approximate surface area is 73.2 Å². The number of rotatable bonds is 1. The van der Waals surface area contributed by atoms with E-state index in [1.165, 1.54) is 5.56 Å². The molecule has 0 aromatic heterocycles. The lowest BCUT2D eigenvalue weighted by atomic mass is 9.87. The second kappa shape index (κ2) is 2.86. The molecule has 59 valence electrons. The summed E-state index contributed by atoms with van der Waals surface area (Å²) in [7, 11) is 0. The lowest BCUT2D eigenvalue weighted by molar-refractivity contribution is 0.665. The minimum Gasteiger partial charge on any atom is -0.0843 e. The lowest BCUT2D eigenvalue weighted by Crippen LogP contribution is -2.10. The van der Waals surface area contributed by atoms with Crippen molar-refractivity contribution in [1.82, 2.24) is 0 Å². The average Bonchev–Trinajstić information content (AvgIpc) is 1.86. The lowest BCUT2D eigenvalue weighted by Gasteiger charge is -2.18. The maximum absolute atomic E-state index is 5.74. The van der Waals surface area contributed by atoms with Gasteiger partial charge in [0.25, 0.3) is 0 Å². The smallest absolute Gasteiger partial charge is 0.0406 e. The van der Waals surface area contributed by atoms with Gasteiger partial charge >= 0.3 is 0 Å². The molecule has 0 amide bonds. The van der Waals surface area contributed by atoms with Gasteiger partial charge in [0.15, 0.2) is 0 Å². The first kappa shape index (κ1) is 8.61. The van der Waals surface area contributed by atoms with Gasteiger partial charge in [0.1, 0.15) is 0 Å². The number of halogens is 1. The molecule has 0 fully saturated rings. The van der Waals surface area contributed by atoms with E-state index in [4.69, 9.17) is 11.6 Å². The van der Waals surface area contributed by atoms with E-state index >= 15 is 0 Å². The van der Waals surface area contributed by atoms with E-state index in [0.717, 1.165) is 5.02 Å². The fourth-order valence-electron chi connectivity index (χ4n) is 0.901. The highest BCUT2D eigenvalue weighted by molar-refractivity contribution is 6.30. The van der Waals surface area contributed by atoms with Gasteiger partial charge in [0.05, 0.1) is 0 Å². The Bertz CT molecular complexity index is 228. The monoisotopic (exact) mass is 167 g/mol. The van der Waals surface area contributed by atoms with Crippen LogP contribution in [-0.4, -0.2) is 0 Å². The zero-order valence-corrected chi connectivity index (χ0v) is 7.65. The molecule has 0 unspecified atom stereocenters. The van der Waals surface area contributed by atoms with E-state index < -0.39 is 0 Å². The van der Waals surface area contributed by atoms with Crippen LogP contribution in [-0.2, 0) is 5.41 Å². The van der Waals surface area contributed by atoms with Crippen LogP contribution in [0.3, 0.4) is 0 Å². The van der Waals surface area contributed by atoms with Crippen LogP contribution in [0.15, 0.2) is 24.3 Å². The molecule has 1 heteroatoms. The van der Waals surface area contributed by atoms with E-state index in [0.29, 0.717) is 0 Å². The van der Waals surface area contributed by atoms with Gasteiger partial charge in [-0.05, 0) is 30.0 Å². The molecule has 1 aromatic rings. The summed E-state index contributed by atoms with van der Waals surface area (Å²) in [5.74, 6) is 0. The summed E-state index contributed by atoms with van der Waals surface area (Å²) in [5, 5.41) is 0.776. The summed E-state index contributed by atoms with van der Waals surface area (Å²) in [6, 6.07) is 7.80. The van der Waals surface area contributed by atoms with Crippen LogP contribution in [0.4, 0.5) is 0 Å². The molecule has 0 aliphatic carbocycles. The maximum atomic E-state index is 5.74. The summed E-state index contributed by atoms with van der Waals surface area (Å²) < 4.78 is 0. The van der Waals surface area contributed by atoms with Gasteiger partial charge in [-0.15, -0.1) is 0 Å². The van der Waals surface area contributed by atoms with Crippen molar-refractivity contribution in [3.8, 4) is 0 Å². The van der Waals surface area contributed by atoms with Gasteiger partial charge in [-0.3, -0.25) is 0 Å². The third-order valence-corrected chi connectivity index (χ3v) is 1.88. The number of benzene rings is 1. The molecule has 1 rings (SSSR count). The van der Waals surface area contributed by atoms with Crippen molar-refractivity contribution in [1.29, 1.82) is 0 Å². The molecule has 0 saturated heterocycles. The summed E-state index contributed by atoms with van der Waals surface area (Å²) in [5.41, 5.74) is 1.19. The van der Waals surface area contributed by atoms with Crippen LogP contribution in [0, 0.1) is 6.92 Å². The molecule has 0 spiro atoms. The highest BCUT2D eigenvalue weighted by Gasteiger charge is 2.12. The second-order valence-electron chi connectivity index (χ2n) is 3.39. The molecule has 0 atom stereocenters. The van der Waals surface area contributed by atoms with Gasteiger partial charge in [-0.25, -0.2) is 0 Å². The molecule has 0 heterocycles. The molecular formula is C10H12Cl. The van der Waals surface area contributed by atoms with E-state index in [9.17, 15) is 0 Å². The Balaban J connectivity index is 2.99. The number of hydrogen-bond donors (Lipinski definition) is 0. The first-order valence-electron chi connectivity index (χ1n) is 3.61. The second-order valence-corrected chi connectivity index (χ2v) is 3.83. The summed E-state index contributed by atoms with van der Waals surface area (Å²) in [4.78, 5) is 0. The molecule has 0 aliphatic rings. The van der Waals surface area contributed by atoms with Crippen LogP contribution < -0.4 is 0 Å². The average molecular weight is 168 g/mol. The standard InChI is InChI=1S/C10H12Cl/c1-10(2,3)8-4-6-9(11)7-5-8/h4-7H,1H2,2-3H3. The Morgan fingerprint density at radius 2 is 1.64 bits per heavy atom. The molecule has 1 radical (unpaired) electrons. The molecule has 11 heavy (non-hydrogen) atoms. The quantitative estimate of drug-likeness (QED) is 0.601. The van der Waals surface area contributed by atoms with E-state index in [1.54, 1.807) is 0 Å². The summed E-state index contributed by atoms with van der Waals surface area (Å²) in [6.07, 6.45) is 0. The molecule has 0 aliphatic heterocycles.